The van der Waals surface area contributed by atoms with Crippen molar-refractivity contribution in [2.45, 2.75) is 84.2 Å². The lowest BCUT2D eigenvalue weighted by atomic mass is 9.72. The molecule has 192 valence electrons. The molecule has 1 atom stereocenters. The van der Waals surface area contributed by atoms with Gasteiger partial charge in [-0.2, -0.15) is 0 Å². The van der Waals surface area contributed by atoms with Gasteiger partial charge in [-0.3, -0.25) is 9.59 Å². The Morgan fingerprint density at radius 3 is 1.83 bits per heavy atom. The lowest BCUT2D eigenvalue weighted by molar-refractivity contribution is -0.124. The first-order valence-electron chi connectivity index (χ1n) is 12.7. The van der Waals surface area contributed by atoms with Gasteiger partial charge in [0.15, 0.2) is 5.78 Å². The first kappa shape index (κ1) is 28.4. The van der Waals surface area contributed by atoms with Gasteiger partial charge < -0.3 is 20.8 Å². The van der Waals surface area contributed by atoms with Crippen LogP contribution in [-0.2, 0) is 15.0 Å². The summed E-state index contributed by atoms with van der Waals surface area (Å²) in [4.78, 5) is 24.9. The van der Waals surface area contributed by atoms with E-state index in [-0.39, 0.29) is 46.6 Å². The number of nitrogens with one attached hydrogen (secondary N) is 2. The highest BCUT2D eigenvalue weighted by Crippen LogP contribution is 2.38. The normalized spacial score (nSPS) is 12.7. The molecular formula is C29H42N2O4. The van der Waals surface area contributed by atoms with E-state index < -0.39 is 0 Å². The fourth-order valence-electron chi connectivity index (χ4n) is 4.45. The molecule has 0 aliphatic heterocycles. The molecule has 0 saturated carbocycles. The summed E-state index contributed by atoms with van der Waals surface area (Å²) in [6, 6.07) is 14.4. The SMILES string of the molecule is CC(C)NC(CCCNC(=O)CCCC(C)(c1ccc(O)cc1)c1ccc(O)cc1)C(=O)C(C)C. The van der Waals surface area contributed by atoms with Crippen LogP contribution in [0, 0.1) is 5.92 Å². The van der Waals surface area contributed by atoms with Crippen LogP contribution in [0.1, 0.15) is 77.8 Å². The number of carbonyl (C=O) groups excluding carboxylic acids is 2. The van der Waals surface area contributed by atoms with Crippen LogP contribution in [0.25, 0.3) is 0 Å². The minimum atomic E-state index is -0.366. The van der Waals surface area contributed by atoms with Gasteiger partial charge >= 0.3 is 0 Å². The molecule has 6 nitrogen and oxygen atoms in total. The van der Waals surface area contributed by atoms with Crippen molar-refractivity contribution < 1.29 is 19.8 Å². The summed E-state index contributed by atoms with van der Waals surface area (Å²) < 4.78 is 0. The number of phenols is 2. The zero-order chi connectivity index (χ0) is 26.0. The smallest absolute Gasteiger partial charge is 0.219 e. The van der Waals surface area contributed by atoms with Gasteiger partial charge in [-0.1, -0.05) is 58.9 Å². The number of ketones is 1. The molecule has 4 N–H and O–H groups in total. The predicted octanol–water partition coefficient (Wildman–Crippen LogP) is 5.06. The Morgan fingerprint density at radius 2 is 1.37 bits per heavy atom. The standard InChI is InChI=1S/C29H42N2O4/c1-20(2)28(35)26(31-21(3)4)8-7-19-30-27(34)9-6-18-29(5,22-10-14-24(32)15-11-22)23-12-16-25(33)17-13-23/h10-17,20-21,26,31-33H,6-9,18-19H2,1-5H3,(H,30,34). The topological polar surface area (TPSA) is 98.7 Å². The molecule has 2 aromatic rings. The molecule has 2 rings (SSSR count). The molecule has 0 bridgehead atoms. The average Bonchev–Trinajstić information content (AvgIpc) is 2.81. The summed E-state index contributed by atoms with van der Waals surface area (Å²) in [6.07, 6.45) is 3.28. The lowest BCUT2D eigenvalue weighted by Crippen LogP contribution is -2.43. The van der Waals surface area contributed by atoms with Gasteiger partial charge in [0, 0.05) is 30.3 Å². The second-order valence-corrected chi connectivity index (χ2v) is 10.2. The number of carbonyl (C=O) groups is 2. The first-order chi connectivity index (χ1) is 16.5. The van der Waals surface area contributed by atoms with E-state index in [1.807, 2.05) is 52.0 Å². The highest BCUT2D eigenvalue weighted by molar-refractivity contribution is 5.85. The summed E-state index contributed by atoms with van der Waals surface area (Å²) in [5, 5.41) is 25.8. The van der Waals surface area contributed by atoms with Gasteiger partial charge in [-0.25, -0.2) is 0 Å². The van der Waals surface area contributed by atoms with Crippen LogP contribution < -0.4 is 10.6 Å². The van der Waals surface area contributed by atoms with Crippen LogP contribution in [0.2, 0.25) is 0 Å². The van der Waals surface area contributed by atoms with Crippen molar-refractivity contribution in [3.8, 4) is 11.5 Å². The van der Waals surface area contributed by atoms with E-state index >= 15 is 0 Å². The first-order valence-corrected chi connectivity index (χ1v) is 12.7. The fraction of sp³-hybridized carbons (Fsp3) is 0.517. The van der Waals surface area contributed by atoms with Crippen LogP contribution in [-0.4, -0.2) is 40.5 Å². The van der Waals surface area contributed by atoms with Crippen LogP contribution in [0.3, 0.4) is 0 Å². The number of aromatic hydroxyl groups is 2. The van der Waals surface area contributed by atoms with E-state index in [9.17, 15) is 19.8 Å². The molecule has 0 radical (unpaired) electrons. The van der Waals surface area contributed by atoms with E-state index in [1.165, 1.54) is 0 Å². The van der Waals surface area contributed by atoms with E-state index in [4.69, 9.17) is 0 Å². The third-order valence-corrected chi connectivity index (χ3v) is 6.53. The van der Waals surface area contributed by atoms with Crippen molar-refractivity contribution in [1.29, 1.82) is 0 Å². The third kappa shape index (κ3) is 8.70. The Kier molecular flexibility index (Phi) is 10.8. The Bertz CT molecular complexity index is 891. The van der Waals surface area contributed by atoms with Crippen LogP contribution >= 0.6 is 0 Å². The van der Waals surface area contributed by atoms with Crippen molar-refractivity contribution >= 4 is 11.7 Å². The van der Waals surface area contributed by atoms with Gasteiger partial charge in [0.1, 0.15) is 11.5 Å². The summed E-state index contributed by atoms with van der Waals surface area (Å²) in [5.41, 5.74) is 1.72. The zero-order valence-corrected chi connectivity index (χ0v) is 21.8. The Balaban J connectivity index is 1.90. The molecule has 0 spiro atoms. The minimum Gasteiger partial charge on any atom is -0.508 e. The maximum absolute atomic E-state index is 12.5. The Hall–Kier alpha value is -2.86. The second-order valence-electron chi connectivity index (χ2n) is 10.2. The quantitative estimate of drug-likeness (QED) is 0.282. The summed E-state index contributed by atoms with van der Waals surface area (Å²) in [5.74, 6) is 0.627. The monoisotopic (exact) mass is 482 g/mol. The van der Waals surface area contributed by atoms with E-state index in [1.54, 1.807) is 24.3 Å². The van der Waals surface area contributed by atoms with Crippen molar-refractivity contribution in [3.05, 3.63) is 59.7 Å². The maximum Gasteiger partial charge on any atom is 0.219 e. The van der Waals surface area contributed by atoms with Crippen molar-refractivity contribution in [1.82, 2.24) is 10.6 Å². The van der Waals surface area contributed by atoms with Crippen LogP contribution in [0.15, 0.2) is 48.5 Å². The molecule has 35 heavy (non-hydrogen) atoms. The van der Waals surface area contributed by atoms with Gasteiger partial charge in [-0.15, -0.1) is 0 Å². The minimum absolute atomic E-state index is 0.00678. The molecule has 1 unspecified atom stereocenters. The van der Waals surface area contributed by atoms with Gasteiger partial charge in [0.05, 0.1) is 6.04 Å². The number of Topliss-reactive ketones (excluding diaryl/α,β-unsaturated/α-hetero) is 1. The molecule has 0 heterocycles. The fourth-order valence-corrected chi connectivity index (χ4v) is 4.45. The van der Waals surface area contributed by atoms with Crippen LogP contribution in [0.5, 0.6) is 11.5 Å². The van der Waals surface area contributed by atoms with Crippen molar-refractivity contribution in [2.24, 2.45) is 5.92 Å². The molecular weight excluding hydrogens is 440 g/mol. The van der Waals surface area contributed by atoms with Crippen molar-refractivity contribution in [3.63, 3.8) is 0 Å². The molecule has 0 aromatic heterocycles. The molecule has 0 aliphatic carbocycles. The van der Waals surface area contributed by atoms with E-state index in [2.05, 4.69) is 17.6 Å². The average molecular weight is 483 g/mol. The molecule has 0 aliphatic rings. The highest BCUT2D eigenvalue weighted by atomic mass is 16.3. The maximum atomic E-state index is 12.5. The van der Waals surface area contributed by atoms with E-state index in [0.29, 0.717) is 25.8 Å². The predicted molar refractivity (Wildman–Crippen MR) is 141 cm³/mol. The van der Waals surface area contributed by atoms with Gasteiger partial charge in [-0.05, 0) is 61.1 Å². The summed E-state index contributed by atoms with van der Waals surface area (Å²) in [6.45, 7) is 10.6. The second kappa shape index (κ2) is 13.3. The zero-order valence-electron chi connectivity index (χ0n) is 21.8. The molecule has 2 aromatic carbocycles. The van der Waals surface area contributed by atoms with Gasteiger partial charge in [0.2, 0.25) is 5.91 Å². The van der Waals surface area contributed by atoms with Crippen molar-refractivity contribution in [2.75, 3.05) is 6.54 Å². The third-order valence-electron chi connectivity index (χ3n) is 6.53. The molecule has 0 saturated heterocycles. The number of benzene rings is 2. The van der Waals surface area contributed by atoms with Gasteiger partial charge in [0.25, 0.3) is 0 Å². The molecule has 6 heteroatoms. The number of hydrogen-bond acceptors (Lipinski definition) is 5. The number of phenolic OH excluding ortho intramolecular Hbond substituents is 2. The van der Waals surface area contributed by atoms with Crippen LogP contribution in [0.4, 0.5) is 0 Å². The number of hydrogen-bond donors (Lipinski definition) is 4. The molecule has 0 fully saturated rings. The number of rotatable bonds is 14. The summed E-state index contributed by atoms with van der Waals surface area (Å²) in [7, 11) is 0. The largest absolute Gasteiger partial charge is 0.508 e. The summed E-state index contributed by atoms with van der Waals surface area (Å²) >= 11 is 0. The number of amides is 1. The Morgan fingerprint density at radius 1 is 0.857 bits per heavy atom. The molecule has 1 amide bonds. The lowest BCUT2D eigenvalue weighted by Gasteiger charge is -2.31. The highest BCUT2D eigenvalue weighted by Gasteiger charge is 2.29. The Labute approximate surface area is 210 Å². The van der Waals surface area contributed by atoms with E-state index in [0.717, 1.165) is 24.0 Å².